The molecule has 0 spiro atoms. The van der Waals surface area contributed by atoms with Crippen molar-refractivity contribution in [2.45, 2.75) is 51.4 Å². The van der Waals surface area contributed by atoms with Gasteiger partial charge in [-0.25, -0.2) is 4.98 Å². The van der Waals surface area contributed by atoms with Gasteiger partial charge in [-0.05, 0) is 36.5 Å². The van der Waals surface area contributed by atoms with Gasteiger partial charge in [0.1, 0.15) is 5.65 Å². The minimum Gasteiger partial charge on any atom is -0.346 e. The van der Waals surface area contributed by atoms with E-state index < -0.39 is 0 Å². The van der Waals surface area contributed by atoms with E-state index in [9.17, 15) is 0 Å². The SMILES string of the molecule is CC(C)(c1nc(Cc2c[nH]c3ncccc23)no1)C1CCCC1. The van der Waals surface area contributed by atoms with Crippen LogP contribution < -0.4 is 0 Å². The molecular formula is C18H22N4O. The quantitative estimate of drug-likeness (QED) is 0.790. The second kappa shape index (κ2) is 5.48. The third-order valence-electron chi connectivity index (χ3n) is 5.28. The van der Waals surface area contributed by atoms with Crippen molar-refractivity contribution >= 4 is 11.0 Å². The number of pyridine rings is 1. The van der Waals surface area contributed by atoms with Gasteiger partial charge in [0.25, 0.3) is 0 Å². The van der Waals surface area contributed by atoms with E-state index in [2.05, 4.69) is 35.0 Å². The van der Waals surface area contributed by atoms with Crippen LogP contribution in [0.1, 0.15) is 56.8 Å². The number of hydrogen-bond donors (Lipinski definition) is 1. The van der Waals surface area contributed by atoms with Crippen LogP contribution >= 0.6 is 0 Å². The molecule has 0 radical (unpaired) electrons. The summed E-state index contributed by atoms with van der Waals surface area (Å²) in [6.45, 7) is 4.46. The molecule has 0 aliphatic heterocycles. The number of hydrogen-bond acceptors (Lipinski definition) is 4. The number of nitrogens with one attached hydrogen (secondary N) is 1. The van der Waals surface area contributed by atoms with E-state index in [1.165, 1.54) is 25.7 Å². The van der Waals surface area contributed by atoms with E-state index in [-0.39, 0.29) is 5.41 Å². The van der Waals surface area contributed by atoms with Crippen LogP contribution in [0.5, 0.6) is 0 Å². The Morgan fingerprint density at radius 1 is 1.30 bits per heavy atom. The number of rotatable bonds is 4. The summed E-state index contributed by atoms with van der Waals surface area (Å²) in [5, 5.41) is 5.33. The molecule has 120 valence electrons. The molecule has 0 unspecified atom stereocenters. The maximum absolute atomic E-state index is 5.62. The Bertz CT molecular complexity index is 811. The van der Waals surface area contributed by atoms with Crippen molar-refractivity contribution in [3.8, 4) is 0 Å². The zero-order valence-electron chi connectivity index (χ0n) is 13.7. The Balaban J connectivity index is 1.58. The van der Waals surface area contributed by atoms with E-state index >= 15 is 0 Å². The predicted octanol–water partition coefficient (Wildman–Crippen LogP) is 4.00. The summed E-state index contributed by atoms with van der Waals surface area (Å²) in [7, 11) is 0. The second-order valence-corrected chi connectivity index (χ2v) is 7.11. The van der Waals surface area contributed by atoms with E-state index in [4.69, 9.17) is 9.51 Å². The maximum atomic E-state index is 5.62. The van der Waals surface area contributed by atoms with Crippen LogP contribution in [0.3, 0.4) is 0 Å². The van der Waals surface area contributed by atoms with E-state index in [1.807, 2.05) is 12.3 Å². The van der Waals surface area contributed by atoms with Crippen LogP contribution in [0.2, 0.25) is 0 Å². The largest absolute Gasteiger partial charge is 0.346 e. The fourth-order valence-electron chi connectivity index (χ4n) is 3.74. The van der Waals surface area contributed by atoms with E-state index in [0.29, 0.717) is 12.3 Å². The normalized spacial score (nSPS) is 16.4. The lowest BCUT2D eigenvalue weighted by molar-refractivity contribution is 0.232. The van der Waals surface area contributed by atoms with Crippen molar-refractivity contribution in [2.24, 2.45) is 5.92 Å². The topological polar surface area (TPSA) is 67.6 Å². The number of fused-ring (bicyclic) bond motifs is 1. The van der Waals surface area contributed by atoms with Gasteiger partial charge in [-0.1, -0.05) is 31.8 Å². The van der Waals surface area contributed by atoms with Crippen molar-refractivity contribution in [1.82, 2.24) is 20.1 Å². The van der Waals surface area contributed by atoms with Crippen LogP contribution in [0, 0.1) is 5.92 Å². The molecule has 23 heavy (non-hydrogen) atoms. The first kappa shape index (κ1) is 14.4. The summed E-state index contributed by atoms with van der Waals surface area (Å²) in [5.41, 5.74) is 2.01. The Labute approximate surface area is 135 Å². The predicted molar refractivity (Wildman–Crippen MR) is 88.2 cm³/mol. The van der Waals surface area contributed by atoms with Crippen molar-refractivity contribution < 1.29 is 4.52 Å². The van der Waals surface area contributed by atoms with E-state index in [1.54, 1.807) is 6.20 Å². The first-order chi connectivity index (χ1) is 11.1. The molecule has 1 N–H and O–H groups in total. The Hall–Kier alpha value is -2.17. The maximum Gasteiger partial charge on any atom is 0.232 e. The monoisotopic (exact) mass is 310 g/mol. The third kappa shape index (κ3) is 2.54. The number of nitrogens with zero attached hydrogens (tertiary/aromatic N) is 3. The molecule has 1 saturated carbocycles. The second-order valence-electron chi connectivity index (χ2n) is 7.11. The molecule has 3 aromatic heterocycles. The van der Waals surface area contributed by atoms with Crippen LogP contribution in [0.15, 0.2) is 29.0 Å². The zero-order chi connectivity index (χ0) is 15.9. The molecule has 1 fully saturated rings. The van der Waals surface area contributed by atoms with Crippen molar-refractivity contribution in [1.29, 1.82) is 0 Å². The van der Waals surface area contributed by atoms with Gasteiger partial charge in [-0.2, -0.15) is 4.98 Å². The highest BCUT2D eigenvalue weighted by Gasteiger charge is 2.37. The Morgan fingerprint density at radius 3 is 2.96 bits per heavy atom. The van der Waals surface area contributed by atoms with Crippen LogP contribution in [-0.4, -0.2) is 20.1 Å². The standard InChI is InChI=1S/C18H22N4O/c1-18(2,13-6-3-4-7-13)17-21-15(22-23-17)10-12-11-20-16-14(12)8-5-9-19-16/h5,8-9,11,13H,3-4,6-7,10H2,1-2H3,(H,19,20). The molecule has 1 aliphatic rings. The fraction of sp³-hybridized carbons (Fsp3) is 0.500. The molecule has 3 heterocycles. The summed E-state index contributed by atoms with van der Waals surface area (Å²) in [6.07, 6.45) is 9.59. The van der Waals surface area contributed by atoms with Crippen LogP contribution in [0.25, 0.3) is 11.0 Å². The molecule has 5 nitrogen and oxygen atoms in total. The molecule has 0 aromatic carbocycles. The average molecular weight is 310 g/mol. The fourth-order valence-corrected chi connectivity index (χ4v) is 3.74. The third-order valence-corrected chi connectivity index (χ3v) is 5.28. The van der Waals surface area contributed by atoms with Gasteiger partial charge < -0.3 is 9.51 Å². The molecule has 0 saturated heterocycles. The highest BCUT2D eigenvalue weighted by molar-refractivity contribution is 5.79. The van der Waals surface area contributed by atoms with Gasteiger partial charge in [0.15, 0.2) is 5.82 Å². The highest BCUT2D eigenvalue weighted by atomic mass is 16.5. The van der Waals surface area contributed by atoms with Gasteiger partial charge in [-0.15, -0.1) is 0 Å². The molecule has 0 atom stereocenters. The number of aromatic amines is 1. The van der Waals surface area contributed by atoms with Gasteiger partial charge in [-0.3, -0.25) is 0 Å². The van der Waals surface area contributed by atoms with Gasteiger partial charge in [0, 0.05) is 29.6 Å². The smallest absolute Gasteiger partial charge is 0.232 e. The minimum atomic E-state index is -0.0382. The molecule has 0 bridgehead atoms. The molecule has 4 rings (SSSR count). The molecule has 5 heteroatoms. The lowest BCUT2D eigenvalue weighted by Crippen LogP contribution is -2.27. The summed E-state index contributed by atoms with van der Waals surface area (Å²) in [4.78, 5) is 12.2. The summed E-state index contributed by atoms with van der Waals surface area (Å²) >= 11 is 0. The average Bonchev–Trinajstić information content (AvgIpc) is 3.29. The number of aromatic nitrogens is 4. The summed E-state index contributed by atoms with van der Waals surface area (Å²) < 4.78 is 5.62. The number of H-pyrrole nitrogens is 1. The molecule has 0 amide bonds. The first-order valence-corrected chi connectivity index (χ1v) is 8.38. The van der Waals surface area contributed by atoms with Gasteiger partial charge in [0.05, 0.1) is 0 Å². The van der Waals surface area contributed by atoms with Crippen LogP contribution in [-0.2, 0) is 11.8 Å². The van der Waals surface area contributed by atoms with Crippen LogP contribution in [0.4, 0.5) is 0 Å². The van der Waals surface area contributed by atoms with Crippen molar-refractivity contribution in [3.05, 3.63) is 41.8 Å². The summed E-state index contributed by atoms with van der Waals surface area (Å²) in [5.74, 6) is 2.17. The Kier molecular flexibility index (Phi) is 3.43. The molecule has 1 aliphatic carbocycles. The van der Waals surface area contributed by atoms with Gasteiger partial charge in [0.2, 0.25) is 5.89 Å². The lowest BCUT2D eigenvalue weighted by atomic mass is 9.77. The van der Waals surface area contributed by atoms with Crippen molar-refractivity contribution in [3.63, 3.8) is 0 Å². The first-order valence-electron chi connectivity index (χ1n) is 8.38. The molecule has 3 aromatic rings. The van der Waals surface area contributed by atoms with Crippen molar-refractivity contribution in [2.75, 3.05) is 0 Å². The summed E-state index contributed by atoms with van der Waals surface area (Å²) in [6, 6.07) is 4.02. The minimum absolute atomic E-state index is 0.0382. The van der Waals surface area contributed by atoms with Gasteiger partial charge >= 0.3 is 0 Å². The highest BCUT2D eigenvalue weighted by Crippen LogP contribution is 2.41. The van der Waals surface area contributed by atoms with E-state index in [0.717, 1.165) is 28.3 Å². The Morgan fingerprint density at radius 2 is 2.13 bits per heavy atom. The lowest BCUT2D eigenvalue weighted by Gasteiger charge is -2.27. The molecular weight excluding hydrogens is 288 g/mol. The zero-order valence-corrected chi connectivity index (χ0v) is 13.7.